The van der Waals surface area contributed by atoms with Gasteiger partial charge in [0, 0.05) is 0 Å². The molecule has 0 aliphatic heterocycles. The molecule has 8 nitrogen and oxygen atoms in total. The molecule has 0 saturated heterocycles. The zero-order valence-electron chi connectivity index (χ0n) is 12.3. The number of rotatable bonds is 8. The Labute approximate surface area is 133 Å². The van der Waals surface area contributed by atoms with E-state index in [4.69, 9.17) is 10.5 Å². The fraction of sp³-hybridized carbons (Fsp3) is 0.500. The van der Waals surface area contributed by atoms with Gasteiger partial charge in [0.25, 0.3) is 0 Å². The minimum absolute atomic E-state index is 0.0597. The van der Waals surface area contributed by atoms with Crippen LogP contribution in [-0.2, 0) is 14.6 Å². The Morgan fingerprint density at radius 3 is 2.61 bits per heavy atom. The van der Waals surface area contributed by atoms with Crippen molar-refractivity contribution >= 4 is 15.9 Å². The van der Waals surface area contributed by atoms with E-state index < -0.39 is 33.4 Å². The van der Waals surface area contributed by atoms with Gasteiger partial charge in [-0.1, -0.05) is 6.07 Å². The predicted molar refractivity (Wildman–Crippen MR) is 79.7 cm³/mol. The van der Waals surface area contributed by atoms with Crippen molar-refractivity contribution in [2.75, 3.05) is 19.8 Å². The number of amides is 1. The molecule has 1 saturated carbocycles. The molecular formula is C14H19NO7S. The number of carbonyl (C=O) groups is 1. The Morgan fingerprint density at radius 1 is 1.35 bits per heavy atom. The maximum atomic E-state index is 12.5. The van der Waals surface area contributed by atoms with Crippen LogP contribution >= 0.6 is 0 Å². The van der Waals surface area contributed by atoms with Gasteiger partial charge < -0.3 is 25.4 Å². The van der Waals surface area contributed by atoms with Gasteiger partial charge in [-0.3, -0.25) is 0 Å². The second-order valence-corrected chi connectivity index (χ2v) is 7.76. The molecule has 2 rings (SSSR count). The van der Waals surface area contributed by atoms with Gasteiger partial charge in [0.05, 0.1) is 16.2 Å². The number of primary amides is 1. The molecule has 1 aromatic carbocycles. The lowest BCUT2D eigenvalue weighted by molar-refractivity contribution is 0.0419. The zero-order valence-corrected chi connectivity index (χ0v) is 13.2. The molecule has 1 aromatic rings. The second-order valence-electron chi connectivity index (χ2n) is 5.41. The van der Waals surface area contributed by atoms with Gasteiger partial charge in [-0.05, 0) is 31.0 Å². The summed E-state index contributed by atoms with van der Waals surface area (Å²) in [6, 6.07) is 5.83. The van der Waals surface area contributed by atoms with E-state index in [-0.39, 0.29) is 23.9 Å². The van der Waals surface area contributed by atoms with Crippen molar-refractivity contribution in [1.29, 1.82) is 0 Å². The van der Waals surface area contributed by atoms with Crippen molar-refractivity contribution in [3.8, 4) is 5.75 Å². The molecule has 0 bridgehead atoms. The maximum Gasteiger partial charge on any atom is 0.404 e. The third-order valence-electron chi connectivity index (χ3n) is 3.64. The van der Waals surface area contributed by atoms with E-state index in [0.29, 0.717) is 12.8 Å². The Kier molecular flexibility index (Phi) is 5.12. The van der Waals surface area contributed by atoms with Gasteiger partial charge in [-0.2, -0.15) is 0 Å². The Bertz CT molecular complexity index is 669. The van der Waals surface area contributed by atoms with E-state index in [2.05, 4.69) is 4.74 Å². The highest BCUT2D eigenvalue weighted by molar-refractivity contribution is 7.93. The fourth-order valence-electron chi connectivity index (χ4n) is 2.05. The first-order valence-electron chi connectivity index (χ1n) is 6.99. The number of nitrogens with two attached hydrogens (primary N) is 1. The number of hydrogen-bond donors (Lipinski definition) is 3. The third-order valence-corrected chi connectivity index (χ3v) is 6.19. The molecule has 0 spiro atoms. The van der Waals surface area contributed by atoms with E-state index in [1.54, 1.807) is 6.07 Å². The third kappa shape index (κ3) is 3.92. The normalized spacial score (nSPS) is 17.3. The van der Waals surface area contributed by atoms with Crippen molar-refractivity contribution in [2.24, 2.45) is 5.73 Å². The molecule has 0 unspecified atom stereocenters. The highest BCUT2D eigenvalue weighted by Gasteiger charge is 2.54. The van der Waals surface area contributed by atoms with Crippen molar-refractivity contribution in [3.63, 3.8) is 0 Å². The smallest absolute Gasteiger partial charge is 0.404 e. The van der Waals surface area contributed by atoms with E-state index in [1.807, 2.05) is 0 Å². The van der Waals surface area contributed by atoms with Crippen LogP contribution in [0.5, 0.6) is 5.75 Å². The molecule has 1 aliphatic rings. The molecule has 1 aliphatic carbocycles. The second kappa shape index (κ2) is 6.73. The van der Waals surface area contributed by atoms with E-state index in [1.165, 1.54) is 18.2 Å². The van der Waals surface area contributed by atoms with Crippen LogP contribution in [-0.4, -0.2) is 55.4 Å². The topological polar surface area (TPSA) is 136 Å². The van der Waals surface area contributed by atoms with Gasteiger partial charge in [0.1, 0.15) is 25.1 Å². The number of benzene rings is 1. The van der Waals surface area contributed by atoms with Crippen molar-refractivity contribution < 1.29 is 32.9 Å². The number of hydrogen-bond acceptors (Lipinski definition) is 7. The summed E-state index contributed by atoms with van der Waals surface area (Å²) in [5.74, 6) is 0.248. The van der Waals surface area contributed by atoms with Crippen LogP contribution in [0.3, 0.4) is 0 Å². The highest BCUT2D eigenvalue weighted by atomic mass is 32.2. The van der Waals surface area contributed by atoms with Crippen LogP contribution < -0.4 is 10.5 Å². The summed E-state index contributed by atoms with van der Waals surface area (Å²) in [4.78, 5) is 10.5. The minimum atomic E-state index is -3.64. The largest absolute Gasteiger partial charge is 0.491 e. The summed E-state index contributed by atoms with van der Waals surface area (Å²) >= 11 is 0. The van der Waals surface area contributed by atoms with E-state index in [9.17, 15) is 23.4 Å². The molecule has 0 aromatic heterocycles. The lowest BCUT2D eigenvalue weighted by Gasteiger charge is -2.15. The standard InChI is InChI=1S/C14H19NO7S/c15-13(18)22-8-10(17)7-21-11-2-1-3-12(6-11)23(19,20)14(9-16)4-5-14/h1-3,6,10,16-17H,4-5,7-9H2,(H2,15,18)/t10-/m0/s1. The Balaban J connectivity index is 2.02. The van der Waals surface area contributed by atoms with Crippen LogP contribution in [0.25, 0.3) is 0 Å². The highest BCUT2D eigenvalue weighted by Crippen LogP contribution is 2.46. The summed E-state index contributed by atoms with van der Waals surface area (Å²) in [5, 5.41) is 18.9. The van der Waals surface area contributed by atoms with Gasteiger partial charge in [-0.15, -0.1) is 0 Å². The van der Waals surface area contributed by atoms with Gasteiger partial charge in [-0.25, -0.2) is 13.2 Å². The number of aliphatic hydroxyl groups is 2. The Morgan fingerprint density at radius 2 is 2.04 bits per heavy atom. The lowest BCUT2D eigenvalue weighted by atomic mass is 10.3. The SMILES string of the molecule is NC(=O)OC[C@@H](O)COc1cccc(S(=O)(=O)C2(CO)CC2)c1. The first-order chi connectivity index (χ1) is 10.8. The molecule has 1 amide bonds. The molecule has 0 radical (unpaired) electrons. The molecule has 1 fully saturated rings. The molecule has 1 atom stereocenters. The predicted octanol–water partition coefficient (Wildman–Crippen LogP) is -0.180. The fourth-order valence-corrected chi connectivity index (χ4v) is 3.89. The van der Waals surface area contributed by atoms with Gasteiger partial charge in [0.2, 0.25) is 0 Å². The summed E-state index contributed by atoms with van der Waals surface area (Å²) in [5.41, 5.74) is 4.78. The molecular weight excluding hydrogens is 326 g/mol. The summed E-state index contributed by atoms with van der Waals surface area (Å²) in [7, 11) is -3.64. The summed E-state index contributed by atoms with van der Waals surface area (Å²) in [6.07, 6.45) is -1.23. The van der Waals surface area contributed by atoms with Crippen molar-refractivity contribution in [3.05, 3.63) is 24.3 Å². The molecule has 4 N–H and O–H groups in total. The average Bonchev–Trinajstić information content (AvgIpc) is 3.33. The first kappa shape index (κ1) is 17.5. The zero-order chi connectivity index (χ0) is 17.1. The molecule has 0 heterocycles. The van der Waals surface area contributed by atoms with Crippen LogP contribution in [0.15, 0.2) is 29.2 Å². The van der Waals surface area contributed by atoms with Crippen molar-refractivity contribution in [1.82, 2.24) is 0 Å². The monoisotopic (exact) mass is 345 g/mol. The number of ether oxygens (including phenoxy) is 2. The molecule has 128 valence electrons. The lowest BCUT2D eigenvalue weighted by Crippen LogP contribution is -2.28. The maximum absolute atomic E-state index is 12.5. The van der Waals surface area contributed by atoms with Crippen molar-refractivity contribution in [2.45, 2.75) is 28.6 Å². The van der Waals surface area contributed by atoms with Gasteiger partial charge in [0.15, 0.2) is 9.84 Å². The van der Waals surface area contributed by atoms with E-state index >= 15 is 0 Å². The average molecular weight is 345 g/mol. The van der Waals surface area contributed by atoms with Crippen LogP contribution in [0, 0.1) is 0 Å². The summed E-state index contributed by atoms with van der Waals surface area (Å²) < 4.78 is 33.6. The Hall–Kier alpha value is -1.84. The number of carbonyl (C=O) groups excluding carboxylic acids is 1. The van der Waals surface area contributed by atoms with Crippen LogP contribution in [0.2, 0.25) is 0 Å². The van der Waals surface area contributed by atoms with Crippen LogP contribution in [0.1, 0.15) is 12.8 Å². The molecule has 9 heteroatoms. The summed E-state index contributed by atoms with van der Waals surface area (Å²) in [6.45, 7) is -0.924. The van der Waals surface area contributed by atoms with E-state index in [0.717, 1.165) is 0 Å². The molecule has 23 heavy (non-hydrogen) atoms. The first-order valence-corrected chi connectivity index (χ1v) is 8.48. The van der Waals surface area contributed by atoms with Gasteiger partial charge >= 0.3 is 6.09 Å². The minimum Gasteiger partial charge on any atom is -0.491 e. The quantitative estimate of drug-likeness (QED) is 0.594. The number of sulfone groups is 1. The number of aliphatic hydroxyl groups excluding tert-OH is 2. The van der Waals surface area contributed by atoms with Crippen LogP contribution in [0.4, 0.5) is 4.79 Å².